The van der Waals surface area contributed by atoms with Gasteiger partial charge in [-0.15, -0.1) is 0 Å². The number of benzene rings is 9. The van der Waals surface area contributed by atoms with Crippen molar-refractivity contribution in [2.75, 3.05) is 4.90 Å². The van der Waals surface area contributed by atoms with Gasteiger partial charge < -0.3 is 9.47 Å². The van der Waals surface area contributed by atoms with Gasteiger partial charge in [-0.3, -0.25) is 0 Å². The van der Waals surface area contributed by atoms with Crippen LogP contribution in [0.15, 0.2) is 218 Å². The second kappa shape index (κ2) is 13.4. The molecule has 0 aliphatic carbocycles. The summed E-state index contributed by atoms with van der Waals surface area (Å²) in [5.41, 5.74) is 14.1. The van der Waals surface area contributed by atoms with Crippen LogP contribution in [-0.2, 0) is 0 Å². The van der Waals surface area contributed by atoms with Gasteiger partial charge >= 0.3 is 0 Å². The van der Waals surface area contributed by atoms with Crippen molar-refractivity contribution in [3.05, 3.63) is 218 Å². The molecule has 0 aliphatic rings. The third kappa shape index (κ3) is 5.53. The maximum Gasteiger partial charge on any atom is 0.0547 e. The normalized spacial score (nSPS) is 11.3. The molecule has 1 aromatic heterocycles. The maximum atomic E-state index is 2.41. The van der Waals surface area contributed by atoms with Crippen molar-refractivity contribution in [2.24, 2.45) is 0 Å². The van der Waals surface area contributed by atoms with E-state index >= 15 is 0 Å². The van der Waals surface area contributed by atoms with Gasteiger partial charge in [0.1, 0.15) is 0 Å². The molecule has 254 valence electrons. The Kier molecular flexibility index (Phi) is 7.85. The average molecular weight is 689 g/mol. The first-order chi connectivity index (χ1) is 26.8. The molecule has 0 bridgehead atoms. The summed E-state index contributed by atoms with van der Waals surface area (Å²) in [7, 11) is 0. The van der Waals surface area contributed by atoms with Crippen LogP contribution in [0.4, 0.5) is 17.1 Å². The van der Waals surface area contributed by atoms with E-state index < -0.39 is 0 Å². The van der Waals surface area contributed by atoms with Gasteiger partial charge in [-0.2, -0.15) is 0 Å². The number of hydrogen-bond donors (Lipinski definition) is 0. The lowest BCUT2D eigenvalue weighted by molar-refractivity contribution is 1.18. The van der Waals surface area contributed by atoms with Crippen LogP contribution in [0, 0.1) is 0 Å². The number of hydrogen-bond acceptors (Lipinski definition) is 1. The smallest absolute Gasteiger partial charge is 0.0547 e. The fourth-order valence-corrected chi connectivity index (χ4v) is 8.08. The van der Waals surface area contributed by atoms with Crippen molar-refractivity contribution in [2.45, 2.75) is 0 Å². The number of anilines is 3. The van der Waals surface area contributed by atoms with E-state index in [4.69, 9.17) is 0 Å². The SMILES string of the molecule is c1ccc(-c2cccc(-c3cccc4c3c3cc(N(c5ccccc5)c5ccc(-c6cccc7ccccc67)cc5)ccc3n4-c3ccccc3)c2)cc1. The molecule has 0 fully saturated rings. The van der Waals surface area contributed by atoms with Gasteiger partial charge in [0.2, 0.25) is 0 Å². The highest BCUT2D eigenvalue weighted by molar-refractivity contribution is 6.17. The van der Waals surface area contributed by atoms with Crippen LogP contribution in [0.3, 0.4) is 0 Å². The van der Waals surface area contributed by atoms with E-state index in [0.717, 1.165) is 22.7 Å². The molecule has 0 aliphatic heterocycles. The number of nitrogens with zero attached hydrogens (tertiary/aromatic N) is 2. The Morgan fingerprint density at radius 1 is 0.315 bits per heavy atom. The molecule has 10 rings (SSSR count). The van der Waals surface area contributed by atoms with Crippen LogP contribution in [0.2, 0.25) is 0 Å². The third-order valence-electron chi connectivity index (χ3n) is 10.6. The Morgan fingerprint density at radius 2 is 0.907 bits per heavy atom. The van der Waals surface area contributed by atoms with Crippen molar-refractivity contribution >= 4 is 49.6 Å². The van der Waals surface area contributed by atoms with Crippen molar-refractivity contribution in [1.82, 2.24) is 4.57 Å². The van der Waals surface area contributed by atoms with Gasteiger partial charge in [-0.25, -0.2) is 0 Å². The molecule has 1 heterocycles. The van der Waals surface area contributed by atoms with Crippen molar-refractivity contribution in [3.8, 4) is 39.1 Å². The quantitative estimate of drug-likeness (QED) is 0.162. The standard InChI is InChI=1S/C52H36N2/c1-4-15-37(16-5-1)40-19-12-20-41(35-40)48-27-14-28-51-52(48)49-36-45(33-34-50(49)54(51)43-23-8-3-9-24-43)53(42-21-6-2-7-22-42)44-31-29-39(30-32-44)47-26-13-18-38-17-10-11-25-46(38)47/h1-36H. The van der Waals surface area contributed by atoms with Crippen molar-refractivity contribution < 1.29 is 0 Å². The molecule has 0 N–H and O–H groups in total. The van der Waals surface area contributed by atoms with E-state index in [1.807, 2.05) is 0 Å². The zero-order valence-electron chi connectivity index (χ0n) is 29.7. The van der Waals surface area contributed by atoms with Crippen molar-refractivity contribution in [1.29, 1.82) is 0 Å². The molecule has 0 radical (unpaired) electrons. The first kappa shape index (κ1) is 31.6. The van der Waals surface area contributed by atoms with Gasteiger partial charge in [0.05, 0.1) is 11.0 Å². The predicted molar refractivity (Wildman–Crippen MR) is 229 cm³/mol. The summed E-state index contributed by atoms with van der Waals surface area (Å²) >= 11 is 0. The molecule has 0 spiro atoms. The summed E-state index contributed by atoms with van der Waals surface area (Å²) in [4.78, 5) is 2.37. The van der Waals surface area contributed by atoms with Gasteiger partial charge in [0, 0.05) is 33.5 Å². The van der Waals surface area contributed by atoms with Crippen molar-refractivity contribution in [3.63, 3.8) is 0 Å². The summed E-state index contributed by atoms with van der Waals surface area (Å²) < 4.78 is 2.41. The zero-order valence-corrected chi connectivity index (χ0v) is 29.7. The first-order valence-electron chi connectivity index (χ1n) is 18.5. The number of para-hydroxylation sites is 2. The van der Waals surface area contributed by atoms with Crippen LogP contribution < -0.4 is 4.90 Å². The number of aromatic nitrogens is 1. The highest BCUT2D eigenvalue weighted by Crippen LogP contribution is 2.43. The van der Waals surface area contributed by atoms with Gasteiger partial charge in [-0.05, 0) is 111 Å². The maximum absolute atomic E-state index is 2.41. The molecule has 2 nitrogen and oxygen atoms in total. The van der Waals surface area contributed by atoms with Crippen LogP contribution >= 0.6 is 0 Å². The minimum Gasteiger partial charge on any atom is -0.310 e. The third-order valence-corrected chi connectivity index (χ3v) is 10.6. The van der Waals surface area contributed by atoms with Gasteiger partial charge in [0.25, 0.3) is 0 Å². The molecule has 0 atom stereocenters. The Hall–Kier alpha value is -7.16. The second-order valence-corrected chi connectivity index (χ2v) is 13.8. The van der Waals surface area contributed by atoms with Gasteiger partial charge in [-0.1, -0.05) is 152 Å². The van der Waals surface area contributed by atoms with E-state index in [1.54, 1.807) is 0 Å². The molecule has 54 heavy (non-hydrogen) atoms. The molecule has 2 heteroatoms. The van der Waals surface area contributed by atoms with E-state index in [-0.39, 0.29) is 0 Å². The summed E-state index contributed by atoms with van der Waals surface area (Å²) in [5.74, 6) is 0. The number of fused-ring (bicyclic) bond motifs is 4. The average Bonchev–Trinajstić information content (AvgIpc) is 3.59. The summed E-state index contributed by atoms with van der Waals surface area (Å²) in [6.45, 7) is 0. The Morgan fingerprint density at radius 3 is 1.72 bits per heavy atom. The molecule has 0 unspecified atom stereocenters. The molecule has 9 aromatic carbocycles. The largest absolute Gasteiger partial charge is 0.310 e. The Labute approximate surface area is 315 Å². The van der Waals surface area contributed by atoms with Crippen LogP contribution in [-0.4, -0.2) is 4.57 Å². The molecular formula is C52H36N2. The molecule has 10 aromatic rings. The molecule has 0 amide bonds. The lowest BCUT2D eigenvalue weighted by atomic mass is 9.95. The predicted octanol–water partition coefficient (Wildman–Crippen LogP) is 14.4. The Balaban J connectivity index is 1.17. The van der Waals surface area contributed by atoms with Crippen LogP contribution in [0.5, 0.6) is 0 Å². The fraction of sp³-hybridized carbons (Fsp3) is 0. The molecule has 0 saturated carbocycles. The minimum absolute atomic E-state index is 1.10. The Bertz CT molecular complexity index is 2900. The van der Waals surface area contributed by atoms with E-state index in [9.17, 15) is 0 Å². The van der Waals surface area contributed by atoms with Crippen LogP contribution in [0.1, 0.15) is 0 Å². The topological polar surface area (TPSA) is 8.17 Å². The summed E-state index contributed by atoms with van der Waals surface area (Å²) in [6.07, 6.45) is 0. The van der Waals surface area contributed by atoms with Crippen LogP contribution in [0.25, 0.3) is 71.6 Å². The monoisotopic (exact) mass is 688 g/mol. The number of rotatable bonds is 7. The second-order valence-electron chi connectivity index (χ2n) is 13.8. The van der Waals surface area contributed by atoms with E-state index in [1.165, 1.54) is 66.0 Å². The summed E-state index contributed by atoms with van der Waals surface area (Å²) in [5, 5.41) is 4.96. The fourth-order valence-electron chi connectivity index (χ4n) is 8.08. The first-order valence-corrected chi connectivity index (χ1v) is 18.5. The zero-order chi connectivity index (χ0) is 35.8. The molecular weight excluding hydrogens is 653 g/mol. The highest BCUT2D eigenvalue weighted by atomic mass is 15.1. The highest BCUT2D eigenvalue weighted by Gasteiger charge is 2.20. The minimum atomic E-state index is 1.10. The lowest BCUT2D eigenvalue weighted by Crippen LogP contribution is -2.09. The lowest BCUT2D eigenvalue weighted by Gasteiger charge is -2.26. The summed E-state index contributed by atoms with van der Waals surface area (Å²) in [6, 6.07) is 78.8. The van der Waals surface area contributed by atoms with Gasteiger partial charge in [0.15, 0.2) is 0 Å². The van der Waals surface area contributed by atoms with E-state index in [2.05, 4.69) is 228 Å². The van der Waals surface area contributed by atoms with E-state index in [0.29, 0.717) is 0 Å². The molecule has 0 saturated heterocycles.